The van der Waals surface area contributed by atoms with Crippen LogP contribution in [0.3, 0.4) is 0 Å². The van der Waals surface area contributed by atoms with E-state index in [1.165, 1.54) is 24.2 Å². The Morgan fingerprint density at radius 2 is 2.04 bits per heavy atom. The average Bonchev–Trinajstić information content (AvgIpc) is 3.21. The summed E-state index contributed by atoms with van der Waals surface area (Å²) < 4.78 is 33.3. The molecule has 0 aliphatic heterocycles. The molecule has 0 unspecified atom stereocenters. The van der Waals surface area contributed by atoms with Gasteiger partial charge in [-0.05, 0) is 30.9 Å². The zero-order valence-electron chi connectivity index (χ0n) is 12.4. The van der Waals surface area contributed by atoms with Crippen molar-refractivity contribution in [3.8, 4) is 10.6 Å². The van der Waals surface area contributed by atoms with Crippen LogP contribution >= 0.6 is 27.3 Å². The quantitative estimate of drug-likeness (QED) is 0.670. The molecule has 1 aromatic carbocycles. The van der Waals surface area contributed by atoms with Gasteiger partial charge in [0.15, 0.2) is 5.03 Å². The van der Waals surface area contributed by atoms with E-state index >= 15 is 0 Å². The highest BCUT2D eigenvalue weighted by Crippen LogP contribution is 2.29. The Balaban J connectivity index is 1.57. The van der Waals surface area contributed by atoms with E-state index in [0.29, 0.717) is 17.5 Å². The van der Waals surface area contributed by atoms with Crippen molar-refractivity contribution in [2.45, 2.75) is 17.9 Å². The lowest BCUT2D eigenvalue weighted by atomic mass is 10.2. The number of hydrogen-bond donors (Lipinski definition) is 1. The largest absolute Gasteiger partial charge is 0.380 e. The van der Waals surface area contributed by atoms with Gasteiger partial charge < -0.3 is 4.74 Å². The van der Waals surface area contributed by atoms with Crippen molar-refractivity contribution in [1.82, 2.24) is 9.71 Å². The maximum atomic E-state index is 12.2. The second-order valence-electron chi connectivity index (χ2n) is 5.41. The molecule has 8 heteroatoms. The van der Waals surface area contributed by atoms with Crippen LogP contribution in [-0.4, -0.2) is 33.2 Å². The van der Waals surface area contributed by atoms with Crippen LogP contribution in [0.1, 0.15) is 12.8 Å². The molecule has 0 bridgehead atoms. The van der Waals surface area contributed by atoms with Crippen LogP contribution in [0.4, 0.5) is 0 Å². The number of rotatable bonds is 8. The Morgan fingerprint density at radius 3 is 2.74 bits per heavy atom. The molecule has 0 atom stereocenters. The van der Waals surface area contributed by atoms with E-state index < -0.39 is 10.0 Å². The number of hydrogen-bond acceptors (Lipinski definition) is 5. The molecule has 0 radical (unpaired) electrons. The van der Waals surface area contributed by atoms with Gasteiger partial charge in [-0.25, -0.2) is 18.1 Å². The third kappa shape index (κ3) is 4.84. The fraction of sp³-hybridized carbons (Fsp3) is 0.400. The first-order valence-electron chi connectivity index (χ1n) is 7.33. The number of nitrogens with one attached hydrogen (secondary N) is 1. The SMILES string of the molecule is O=S(=O)(NCCOCC1CC1)c1csc(-c2ccc(Br)cc2)n1. The highest BCUT2D eigenvalue weighted by molar-refractivity contribution is 9.10. The highest BCUT2D eigenvalue weighted by atomic mass is 79.9. The van der Waals surface area contributed by atoms with Gasteiger partial charge in [-0.2, -0.15) is 0 Å². The van der Waals surface area contributed by atoms with E-state index in [1.807, 2.05) is 24.3 Å². The molecule has 0 spiro atoms. The lowest BCUT2D eigenvalue weighted by Gasteiger charge is -2.05. The first-order chi connectivity index (χ1) is 11.0. The molecular weight excluding hydrogens is 400 g/mol. The minimum atomic E-state index is -3.58. The second-order valence-corrected chi connectivity index (χ2v) is 8.90. The van der Waals surface area contributed by atoms with Gasteiger partial charge in [-0.1, -0.05) is 28.1 Å². The van der Waals surface area contributed by atoms with E-state index in [2.05, 4.69) is 25.6 Å². The summed E-state index contributed by atoms with van der Waals surface area (Å²) in [5.74, 6) is 0.679. The number of thiazole rings is 1. The number of ether oxygens (including phenoxy) is 1. The Bertz CT molecular complexity index is 755. The van der Waals surface area contributed by atoms with Crippen LogP contribution in [0, 0.1) is 5.92 Å². The van der Waals surface area contributed by atoms with Crippen molar-refractivity contribution < 1.29 is 13.2 Å². The fourth-order valence-electron chi connectivity index (χ4n) is 1.96. The van der Waals surface area contributed by atoms with E-state index in [0.717, 1.165) is 16.6 Å². The van der Waals surface area contributed by atoms with Gasteiger partial charge in [-0.15, -0.1) is 11.3 Å². The van der Waals surface area contributed by atoms with Gasteiger partial charge in [0.2, 0.25) is 0 Å². The summed E-state index contributed by atoms with van der Waals surface area (Å²) in [6.07, 6.45) is 2.45. The van der Waals surface area contributed by atoms with Crippen LogP contribution in [0.5, 0.6) is 0 Å². The van der Waals surface area contributed by atoms with Crippen LogP contribution in [0.25, 0.3) is 10.6 Å². The van der Waals surface area contributed by atoms with Crippen LogP contribution < -0.4 is 4.72 Å². The monoisotopic (exact) mass is 416 g/mol. The molecule has 124 valence electrons. The molecule has 1 heterocycles. The normalized spacial score (nSPS) is 15.0. The summed E-state index contributed by atoms with van der Waals surface area (Å²) in [5.41, 5.74) is 0.896. The van der Waals surface area contributed by atoms with Crippen LogP contribution in [-0.2, 0) is 14.8 Å². The first kappa shape index (κ1) is 17.0. The molecule has 3 rings (SSSR count). The minimum Gasteiger partial charge on any atom is -0.380 e. The molecule has 1 saturated carbocycles. The fourth-order valence-corrected chi connectivity index (χ4v) is 4.34. The van der Waals surface area contributed by atoms with E-state index in [1.54, 1.807) is 5.38 Å². The van der Waals surface area contributed by atoms with Crippen molar-refractivity contribution in [3.05, 3.63) is 34.1 Å². The highest BCUT2D eigenvalue weighted by Gasteiger charge is 2.21. The summed E-state index contributed by atoms with van der Waals surface area (Å²) in [7, 11) is -3.58. The van der Waals surface area contributed by atoms with Crippen molar-refractivity contribution in [1.29, 1.82) is 0 Å². The molecule has 23 heavy (non-hydrogen) atoms. The number of halogens is 1. The standard InChI is InChI=1S/C15H17BrN2O3S2/c16-13-5-3-12(4-6-13)15-18-14(10-22-15)23(19,20)17-7-8-21-9-11-1-2-11/h3-6,10-11,17H,1-2,7-9H2. The molecule has 1 fully saturated rings. The molecule has 1 aromatic heterocycles. The third-order valence-electron chi connectivity index (χ3n) is 3.44. The zero-order chi connectivity index (χ0) is 16.3. The van der Waals surface area contributed by atoms with Crippen LogP contribution in [0.2, 0.25) is 0 Å². The summed E-state index contributed by atoms with van der Waals surface area (Å²) in [4.78, 5) is 4.23. The van der Waals surface area contributed by atoms with Crippen molar-refractivity contribution in [2.24, 2.45) is 5.92 Å². The topological polar surface area (TPSA) is 68.3 Å². The number of nitrogens with zero attached hydrogens (tertiary/aromatic N) is 1. The Hall–Kier alpha value is -0.800. The van der Waals surface area contributed by atoms with Gasteiger partial charge in [0.25, 0.3) is 10.0 Å². The predicted molar refractivity (Wildman–Crippen MR) is 94.0 cm³/mol. The Morgan fingerprint density at radius 1 is 1.30 bits per heavy atom. The van der Waals surface area contributed by atoms with Gasteiger partial charge in [-0.3, -0.25) is 0 Å². The second kappa shape index (κ2) is 7.40. The van der Waals surface area contributed by atoms with Crippen molar-refractivity contribution in [2.75, 3.05) is 19.8 Å². The third-order valence-corrected chi connectivity index (χ3v) is 6.35. The average molecular weight is 417 g/mol. The number of aromatic nitrogens is 1. The molecule has 5 nitrogen and oxygen atoms in total. The number of sulfonamides is 1. The zero-order valence-corrected chi connectivity index (χ0v) is 15.6. The Labute approximate surface area is 148 Å². The lowest BCUT2D eigenvalue weighted by Crippen LogP contribution is -2.28. The van der Waals surface area contributed by atoms with Crippen molar-refractivity contribution >= 4 is 37.3 Å². The summed E-state index contributed by atoms with van der Waals surface area (Å²) >= 11 is 4.69. The summed E-state index contributed by atoms with van der Waals surface area (Å²) in [6.45, 7) is 1.38. The van der Waals surface area contributed by atoms with Gasteiger partial charge in [0, 0.05) is 28.6 Å². The maximum absolute atomic E-state index is 12.2. The molecule has 0 saturated heterocycles. The van der Waals surface area contributed by atoms with Gasteiger partial charge >= 0.3 is 0 Å². The molecule has 1 aliphatic carbocycles. The van der Waals surface area contributed by atoms with Gasteiger partial charge in [0.1, 0.15) is 5.01 Å². The van der Waals surface area contributed by atoms with Crippen LogP contribution in [0.15, 0.2) is 39.1 Å². The van der Waals surface area contributed by atoms with E-state index in [9.17, 15) is 8.42 Å². The van der Waals surface area contributed by atoms with E-state index in [4.69, 9.17) is 4.74 Å². The minimum absolute atomic E-state index is 0.0580. The van der Waals surface area contributed by atoms with Gasteiger partial charge in [0.05, 0.1) is 6.61 Å². The summed E-state index contributed by atoms with van der Waals surface area (Å²) in [5, 5.41) is 2.30. The molecule has 1 aliphatic rings. The smallest absolute Gasteiger partial charge is 0.258 e. The summed E-state index contributed by atoms with van der Waals surface area (Å²) in [6, 6.07) is 7.61. The maximum Gasteiger partial charge on any atom is 0.258 e. The van der Waals surface area contributed by atoms with Crippen molar-refractivity contribution in [3.63, 3.8) is 0 Å². The van der Waals surface area contributed by atoms with E-state index in [-0.39, 0.29) is 11.6 Å². The predicted octanol–water partition coefficient (Wildman–Crippen LogP) is 3.28. The molecular formula is C15H17BrN2O3S2. The first-order valence-corrected chi connectivity index (χ1v) is 10.5. The molecule has 0 amide bonds. The number of benzene rings is 1. The Kier molecular flexibility index (Phi) is 5.48. The lowest BCUT2D eigenvalue weighted by molar-refractivity contribution is 0.129. The molecule has 1 N–H and O–H groups in total. The molecule has 2 aromatic rings.